The van der Waals surface area contributed by atoms with Gasteiger partial charge in [0.25, 0.3) is 0 Å². The Hall–Kier alpha value is -0.820. The van der Waals surface area contributed by atoms with Crippen LogP contribution in [-0.4, -0.2) is 11.2 Å². The minimum Gasteiger partial charge on any atom is -0.389 e. The molecule has 16 heavy (non-hydrogen) atoms. The molecule has 0 aromatic heterocycles. The molecule has 0 unspecified atom stereocenters. The second kappa shape index (κ2) is 5.49. The van der Waals surface area contributed by atoms with Gasteiger partial charge in [0.2, 0.25) is 0 Å². The molecule has 0 bridgehead atoms. The molecule has 0 aromatic carbocycles. The van der Waals surface area contributed by atoms with E-state index in [-0.39, 0.29) is 11.5 Å². The molecule has 0 heterocycles. The maximum Gasteiger partial charge on any atom is 0.0755 e. The lowest BCUT2D eigenvalue weighted by Gasteiger charge is -2.24. The number of allylic oxidation sites excluding steroid dienone is 4. The lowest BCUT2D eigenvalue weighted by Crippen LogP contribution is -2.20. The number of rotatable bonds is 0. The van der Waals surface area contributed by atoms with Gasteiger partial charge in [-0.25, -0.2) is 0 Å². The Morgan fingerprint density at radius 1 is 1.44 bits per heavy atom. The van der Waals surface area contributed by atoms with Gasteiger partial charge < -0.3 is 5.11 Å². The quantitative estimate of drug-likeness (QED) is 0.612. The highest BCUT2D eigenvalue weighted by Crippen LogP contribution is 2.28. The molecule has 1 aliphatic carbocycles. The van der Waals surface area contributed by atoms with Crippen molar-refractivity contribution in [2.75, 3.05) is 0 Å². The SMILES string of the molecule is C=C1CC/C=C(/C)C/C=C/C(C)(C)C[C@H]1O. The van der Waals surface area contributed by atoms with Gasteiger partial charge in [-0.05, 0) is 43.6 Å². The second-order valence-electron chi connectivity index (χ2n) is 5.56. The number of hydrogen-bond donors (Lipinski definition) is 1. The smallest absolute Gasteiger partial charge is 0.0755 e. The molecule has 1 atom stereocenters. The van der Waals surface area contributed by atoms with Crippen molar-refractivity contribution >= 4 is 0 Å². The van der Waals surface area contributed by atoms with Gasteiger partial charge in [-0.1, -0.05) is 44.2 Å². The van der Waals surface area contributed by atoms with Crippen LogP contribution in [0.15, 0.2) is 36.0 Å². The maximum atomic E-state index is 10.0. The van der Waals surface area contributed by atoms with Crippen LogP contribution in [0.2, 0.25) is 0 Å². The first-order chi connectivity index (χ1) is 7.41. The minimum absolute atomic E-state index is 0.0486. The highest BCUT2D eigenvalue weighted by Gasteiger charge is 2.20. The predicted molar refractivity (Wildman–Crippen MR) is 70.3 cm³/mol. The maximum absolute atomic E-state index is 10.0. The Balaban J connectivity index is 2.82. The molecular formula is C15H24O. The summed E-state index contributed by atoms with van der Waals surface area (Å²) in [7, 11) is 0. The third kappa shape index (κ3) is 4.36. The lowest BCUT2D eigenvalue weighted by molar-refractivity contribution is 0.160. The number of aliphatic hydroxyl groups is 1. The van der Waals surface area contributed by atoms with E-state index in [2.05, 4.69) is 45.6 Å². The van der Waals surface area contributed by atoms with Crippen molar-refractivity contribution in [3.63, 3.8) is 0 Å². The summed E-state index contributed by atoms with van der Waals surface area (Å²) >= 11 is 0. The molecule has 0 radical (unpaired) electrons. The lowest BCUT2D eigenvalue weighted by atomic mass is 9.84. The predicted octanol–water partition coefficient (Wildman–Crippen LogP) is 4.01. The van der Waals surface area contributed by atoms with Crippen molar-refractivity contribution in [1.29, 1.82) is 0 Å². The zero-order chi connectivity index (χ0) is 12.2. The van der Waals surface area contributed by atoms with Crippen LogP contribution in [0, 0.1) is 5.41 Å². The standard InChI is InChI=1S/C15H24O/c1-12-7-5-9-13(2)14(16)11-15(3,4)10-6-8-12/h6-7,10,14,16H,2,5,8-9,11H2,1,3-4H3/b10-6+,12-7-/t14-/m1/s1. The van der Waals surface area contributed by atoms with Gasteiger partial charge in [-0.3, -0.25) is 0 Å². The Morgan fingerprint density at radius 3 is 2.81 bits per heavy atom. The minimum atomic E-state index is -0.369. The van der Waals surface area contributed by atoms with E-state index in [1.165, 1.54) is 5.57 Å². The molecule has 0 spiro atoms. The number of hydrogen-bond acceptors (Lipinski definition) is 1. The fourth-order valence-corrected chi connectivity index (χ4v) is 2.03. The summed E-state index contributed by atoms with van der Waals surface area (Å²) in [6.45, 7) is 10.5. The van der Waals surface area contributed by atoms with E-state index < -0.39 is 0 Å². The van der Waals surface area contributed by atoms with Gasteiger partial charge in [0.05, 0.1) is 6.10 Å². The average molecular weight is 220 g/mol. The van der Waals surface area contributed by atoms with Crippen LogP contribution in [0.4, 0.5) is 0 Å². The normalized spacial score (nSPS) is 32.4. The van der Waals surface area contributed by atoms with Crippen LogP contribution >= 0.6 is 0 Å². The van der Waals surface area contributed by atoms with Crippen molar-refractivity contribution in [2.24, 2.45) is 5.41 Å². The van der Waals surface area contributed by atoms with Crippen LogP contribution in [-0.2, 0) is 0 Å². The molecule has 1 N–H and O–H groups in total. The average Bonchev–Trinajstić information content (AvgIpc) is 2.16. The monoisotopic (exact) mass is 220 g/mol. The van der Waals surface area contributed by atoms with Crippen molar-refractivity contribution in [1.82, 2.24) is 0 Å². The molecular weight excluding hydrogens is 196 g/mol. The van der Waals surface area contributed by atoms with Gasteiger partial charge in [-0.2, -0.15) is 0 Å². The van der Waals surface area contributed by atoms with E-state index >= 15 is 0 Å². The van der Waals surface area contributed by atoms with Crippen LogP contribution in [0.3, 0.4) is 0 Å². The molecule has 90 valence electrons. The zero-order valence-corrected chi connectivity index (χ0v) is 10.8. The summed E-state index contributed by atoms with van der Waals surface area (Å²) in [6.07, 6.45) is 9.99. The molecule has 0 fully saturated rings. The van der Waals surface area contributed by atoms with Crippen molar-refractivity contribution < 1.29 is 5.11 Å². The van der Waals surface area contributed by atoms with E-state index in [4.69, 9.17) is 0 Å². The van der Waals surface area contributed by atoms with Crippen LogP contribution < -0.4 is 0 Å². The van der Waals surface area contributed by atoms with E-state index in [1.54, 1.807) is 0 Å². The Kier molecular flexibility index (Phi) is 4.55. The Morgan fingerprint density at radius 2 is 2.12 bits per heavy atom. The fourth-order valence-electron chi connectivity index (χ4n) is 2.03. The van der Waals surface area contributed by atoms with Crippen molar-refractivity contribution in [3.05, 3.63) is 36.0 Å². The fraction of sp³-hybridized carbons (Fsp3) is 0.600. The first-order valence-corrected chi connectivity index (χ1v) is 6.10. The van der Waals surface area contributed by atoms with Gasteiger partial charge >= 0.3 is 0 Å². The van der Waals surface area contributed by atoms with Crippen LogP contribution in [0.1, 0.15) is 46.5 Å². The molecule has 0 aliphatic heterocycles. The first-order valence-electron chi connectivity index (χ1n) is 6.10. The van der Waals surface area contributed by atoms with Crippen molar-refractivity contribution in [2.45, 2.75) is 52.6 Å². The van der Waals surface area contributed by atoms with Crippen molar-refractivity contribution in [3.8, 4) is 0 Å². The third-order valence-electron chi connectivity index (χ3n) is 3.16. The highest BCUT2D eigenvalue weighted by atomic mass is 16.3. The van der Waals surface area contributed by atoms with Crippen LogP contribution in [0.5, 0.6) is 0 Å². The first kappa shape index (κ1) is 13.2. The summed E-state index contributed by atoms with van der Waals surface area (Å²) < 4.78 is 0. The number of aliphatic hydroxyl groups excluding tert-OH is 1. The third-order valence-corrected chi connectivity index (χ3v) is 3.16. The second-order valence-corrected chi connectivity index (χ2v) is 5.56. The van der Waals surface area contributed by atoms with Gasteiger partial charge in [-0.15, -0.1) is 0 Å². The summed E-state index contributed by atoms with van der Waals surface area (Å²) in [6, 6.07) is 0. The van der Waals surface area contributed by atoms with Crippen LogP contribution in [0.25, 0.3) is 0 Å². The molecule has 0 saturated heterocycles. The Labute approximate surface area is 99.6 Å². The summed E-state index contributed by atoms with van der Waals surface area (Å²) in [5.74, 6) is 0. The molecule has 0 aromatic rings. The van der Waals surface area contributed by atoms with E-state index in [1.807, 2.05) is 0 Å². The van der Waals surface area contributed by atoms with Gasteiger partial charge in [0.15, 0.2) is 0 Å². The zero-order valence-electron chi connectivity index (χ0n) is 10.8. The molecule has 0 amide bonds. The van der Waals surface area contributed by atoms with Gasteiger partial charge in [0.1, 0.15) is 0 Å². The highest BCUT2D eigenvalue weighted by molar-refractivity contribution is 5.12. The van der Waals surface area contributed by atoms with E-state index in [0.29, 0.717) is 0 Å². The molecule has 0 saturated carbocycles. The molecule has 1 aliphatic rings. The van der Waals surface area contributed by atoms with Gasteiger partial charge in [0, 0.05) is 0 Å². The molecule has 1 rings (SSSR count). The summed E-state index contributed by atoms with van der Waals surface area (Å²) in [5.41, 5.74) is 2.41. The van der Waals surface area contributed by atoms with E-state index in [9.17, 15) is 5.11 Å². The topological polar surface area (TPSA) is 20.2 Å². The molecule has 1 heteroatoms. The molecule has 1 nitrogen and oxygen atoms in total. The summed E-state index contributed by atoms with van der Waals surface area (Å²) in [4.78, 5) is 0. The van der Waals surface area contributed by atoms with E-state index in [0.717, 1.165) is 31.3 Å². The Bertz CT molecular complexity index is 307. The largest absolute Gasteiger partial charge is 0.389 e. The summed E-state index contributed by atoms with van der Waals surface area (Å²) in [5, 5.41) is 10.0.